The quantitative estimate of drug-likeness (QED) is 0.819. The Morgan fingerprint density at radius 3 is 2.96 bits per heavy atom. The number of carbonyl (C=O) groups excluding carboxylic acids is 1. The third-order valence-electron chi connectivity index (χ3n) is 4.20. The molecule has 0 saturated carbocycles. The van der Waals surface area contributed by atoms with E-state index in [0.717, 1.165) is 43.6 Å². The molecule has 1 aliphatic heterocycles. The van der Waals surface area contributed by atoms with Gasteiger partial charge < -0.3 is 9.42 Å². The highest BCUT2D eigenvalue weighted by Gasteiger charge is 2.29. The summed E-state index contributed by atoms with van der Waals surface area (Å²) < 4.78 is 5.20. The molecule has 122 valence electrons. The number of likely N-dealkylation sites (tertiary alicyclic amines) is 1. The van der Waals surface area contributed by atoms with Crippen molar-refractivity contribution in [2.24, 2.45) is 0 Å². The summed E-state index contributed by atoms with van der Waals surface area (Å²) in [6, 6.07) is 4.15. The van der Waals surface area contributed by atoms with Crippen molar-refractivity contribution < 1.29 is 9.32 Å². The summed E-state index contributed by atoms with van der Waals surface area (Å²) in [5.41, 5.74) is 1.16. The van der Waals surface area contributed by atoms with Crippen molar-refractivity contribution in [1.29, 1.82) is 0 Å². The monoisotopic (exact) mass is 314 g/mol. The average Bonchev–Trinajstić information content (AvgIpc) is 3.23. The molecule has 0 aliphatic carbocycles. The molecule has 23 heavy (non-hydrogen) atoms. The van der Waals surface area contributed by atoms with E-state index in [0.29, 0.717) is 18.7 Å². The van der Waals surface area contributed by atoms with Crippen LogP contribution < -0.4 is 0 Å². The fourth-order valence-corrected chi connectivity index (χ4v) is 3.07. The Morgan fingerprint density at radius 2 is 2.17 bits per heavy atom. The van der Waals surface area contributed by atoms with E-state index < -0.39 is 0 Å². The molecule has 1 aliphatic rings. The normalized spacial score (nSPS) is 17.6. The number of aromatic nitrogens is 3. The highest BCUT2D eigenvalue weighted by atomic mass is 16.5. The maximum Gasteiger partial charge on any atom is 0.227 e. The minimum atomic E-state index is 0.152. The van der Waals surface area contributed by atoms with E-state index >= 15 is 0 Å². The van der Waals surface area contributed by atoms with Gasteiger partial charge in [-0.25, -0.2) is 0 Å². The number of aryl methyl sites for hydroxylation is 2. The topological polar surface area (TPSA) is 72.1 Å². The largest absolute Gasteiger partial charge is 0.339 e. The minimum Gasteiger partial charge on any atom is -0.339 e. The molecular formula is C17H22N4O2. The molecule has 2 aromatic rings. The van der Waals surface area contributed by atoms with Gasteiger partial charge >= 0.3 is 0 Å². The summed E-state index contributed by atoms with van der Waals surface area (Å²) in [5.74, 6) is 1.44. The maximum absolute atomic E-state index is 12.6. The number of hydrogen-bond donors (Lipinski definition) is 0. The van der Waals surface area contributed by atoms with Gasteiger partial charge in [-0.1, -0.05) is 12.1 Å². The molecule has 2 aromatic heterocycles. The van der Waals surface area contributed by atoms with Crippen LogP contribution in [-0.2, 0) is 17.6 Å². The van der Waals surface area contributed by atoms with E-state index in [-0.39, 0.29) is 11.9 Å². The number of hydrogen-bond acceptors (Lipinski definition) is 5. The number of carbonyl (C=O) groups is 1. The van der Waals surface area contributed by atoms with Crippen molar-refractivity contribution in [3.8, 4) is 0 Å². The standard InChI is InChI=1S/C17H22N4O2/c1-2-4-15-19-16(23-20-15)6-7-17(22)21-12-3-5-14(21)13-8-10-18-11-9-13/h8-11,14H,2-7,12H2,1H3/t14-/m0/s1. The van der Waals surface area contributed by atoms with Gasteiger partial charge in [-0.15, -0.1) is 0 Å². The van der Waals surface area contributed by atoms with Crippen molar-refractivity contribution in [2.75, 3.05) is 6.54 Å². The SMILES string of the molecule is CCCc1noc(CCC(=O)N2CCC[C@H]2c2ccncc2)n1. The molecule has 0 N–H and O–H groups in total. The molecule has 1 saturated heterocycles. The first kappa shape index (κ1) is 15.6. The maximum atomic E-state index is 12.6. The van der Waals surface area contributed by atoms with Crippen molar-refractivity contribution in [1.82, 2.24) is 20.0 Å². The van der Waals surface area contributed by atoms with Gasteiger partial charge in [0.05, 0.1) is 6.04 Å². The number of nitrogens with zero attached hydrogens (tertiary/aromatic N) is 4. The van der Waals surface area contributed by atoms with Crippen molar-refractivity contribution in [3.05, 3.63) is 41.8 Å². The molecule has 3 rings (SSSR count). The van der Waals surface area contributed by atoms with Gasteiger partial charge in [0.1, 0.15) is 0 Å². The molecule has 1 atom stereocenters. The predicted molar refractivity (Wildman–Crippen MR) is 84.5 cm³/mol. The van der Waals surface area contributed by atoms with Crippen LogP contribution in [0, 0.1) is 0 Å². The Kier molecular flexibility index (Phi) is 5.00. The zero-order valence-electron chi connectivity index (χ0n) is 13.4. The molecule has 1 amide bonds. The van der Waals surface area contributed by atoms with Gasteiger partial charge in [-0.3, -0.25) is 9.78 Å². The van der Waals surface area contributed by atoms with Crippen molar-refractivity contribution in [2.45, 2.75) is 51.5 Å². The average molecular weight is 314 g/mol. The molecule has 0 spiro atoms. The summed E-state index contributed by atoms with van der Waals surface area (Å²) in [5, 5.41) is 3.93. The number of pyridine rings is 1. The van der Waals surface area contributed by atoms with Crippen LogP contribution in [0.5, 0.6) is 0 Å². The summed E-state index contributed by atoms with van der Waals surface area (Å²) in [7, 11) is 0. The fourth-order valence-electron chi connectivity index (χ4n) is 3.07. The molecule has 0 unspecified atom stereocenters. The van der Waals surface area contributed by atoms with Crippen molar-refractivity contribution >= 4 is 5.91 Å². The predicted octanol–water partition coefficient (Wildman–Crippen LogP) is 2.71. The second-order valence-corrected chi connectivity index (χ2v) is 5.88. The molecule has 6 heteroatoms. The lowest BCUT2D eigenvalue weighted by Crippen LogP contribution is -2.30. The van der Waals surface area contributed by atoms with Crippen LogP contribution in [0.15, 0.2) is 29.0 Å². The Hall–Kier alpha value is -2.24. The first-order chi connectivity index (χ1) is 11.3. The third kappa shape index (κ3) is 3.75. The Labute approximate surface area is 135 Å². The molecular weight excluding hydrogens is 292 g/mol. The first-order valence-corrected chi connectivity index (χ1v) is 8.28. The van der Waals surface area contributed by atoms with Gasteiger partial charge in [-0.2, -0.15) is 4.98 Å². The lowest BCUT2D eigenvalue weighted by atomic mass is 10.1. The number of rotatable bonds is 6. The van der Waals surface area contributed by atoms with Crippen LogP contribution in [0.1, 0.15) is 55.9 Å². The van der Waals surface area contributed by atoms with Gasteiger partial charge in [0.25, 0.3) is 0 Å². The van der Waals surface area contributed by atoms with Crippen LogP contribution in [-0.4, -0.2) is 32.5 Å². The van der Waals surface area contributed by atoms with Crippen LogP contribution in [0.25, 0.3) is 0 Å². The lowest BCUT2D eigenvalue weighted by Gasteiger charge is -2.24. The molecule has 0 aromatic carbocycles. The highest BCUT2D eigenvalue weighted by molar-refractivity contribution is 5.77. The van der Waals surface area contributed by atoms with Crippen LogP contribution >= 0.6 is 0 Å². The fraction of sp³-hybridized carbons (Fsp3) is 0.529. The summed E-state index contributed by atoms with van der Waals surface area (Å²) in [6.07, 6.45) is 8.34. The Bertz CT molecular complexity index is 641. The third-order valence-corrected chi connectivity index (χ3v) is 4.20. The van der Waals surface area contributed by atoms with Gasteiger partial charge in [0, 0.05) is 38.2 Å². The molecule has 1 fully saturated rings. The van der Waals surface area contributed by atoms with E-state index in [9.17, 15) is 4.79 Å². The van der Waals surface area contributed by atoms with Gasteiger partial charge in [0.15, 0.2) is 5.82 Å². The summed E-state index contributed by atoms with van der Waals surface area (Å²) in [6.45, 7) is 2.89. The van der Waals surface area contributed by atoms with Crippen molar-refractivity contribution in [3.63, 3.8) is 0 Å². The van der Waals surface area contributed by atoms with E-state index in [2.05, 4.69) is 22.0 Å². The van der Waals surface area contributed by atoms with E-state index in [1.54, 1.807) is 12.4 Å². The second-order valence-electron chi connectivity index (χ2n) is 5.88. The first-order valence-electron chi connectivity index (χ1n) is 8.28. The molecule has 0 bridgehead atoms. The van der Waals surface area contributed by atoms with E-state index in [1.165, 1.54) is 0 Å². The highest BCUT2D eigenvalue weighted by Crippen LogP contribution is 2.32. The molecule has 3 heterocycles. The van der Waals surface area contributed by atoms with E-state index in [1.807, 2.05) is 17.0 Å². The molecule has 0 radical (unpaired) electrons. The van der Waals surface area contributed by atoms with Crippen LogP contribution in [0.4, 0.5) is 0 Å². The van der Waals surface area contributed by atoms with Gasteiger partial charge in [-0.05, 0) is 37.0 Å². The minimum absolute atomic E-state index is 0.152. The lowest BCUT2D eigenvalue weighted by molar-refractivity contribution is -0.132. The summed E-state index contributed by atoms with van der Waals surface area (Å²) >= 11 is 0. The Balaban J connectivity index is 1.58. The summed E-state index contributed by atoms with van der Waals surface area (Å²) in [4.78, 5) is 22.9. The van der Waals surface area contributed by atoms with Crippen LogP contribution in [0.3, 0.4) is 0 Å². The van der Waals surface area contributed by atoms with Gasteiger partial charge in [0.2, 0.25) is 11.8 Å². The Morgan fingerprint density at radius 1 is 1.35 bits per heavy atom. The zero-order valence-corrected chi connectivity index (χ0v) is 13.4. The number of amides is 1. The second kappa shape index (κ2) is 7.35. The van der Waals surface area contributed by atoms with Crippen LogP contribution in [0.2, 0.25) is 0 Å². The zero-order chi connectivity index (χ0) is 16.1. The molecule has 6 nitrogen and oxygen atoms in total. The van der Waals surface area contributed by atoms with E-state index in [4.69, 9.17) is 4.52 Å². The smallest absolute Gasteiger partial charge is 0.227 e.